The van der Waals surface area contributed by atoms with Crippen LogP contribution in [0.25, 0.3) is 0 Å². The molecule has 0 radical (unpaired) electrons. The van der Waals surface area contributed by atoms with Crippen molar-refractivity contribution < 1.29 is 9.47 Å². The van der Waals surface area contributed by atoms with Crippen molar-refractivity contribution in [2.75, 3.05) is 21.3 Å². The second-order valence-electron chi connectivity index (χ2n) is 4.21. The Morgan fingerprint density at radius 3 is 2.24 bits per heavy atom. The Morgan fingerprint density at radius 1 is 1.18 bits per heavy atom. The lowest BCUT2D eigenvalue weighted by Crippen LogP contribution is -2.22. The third-order valence-corrected chi connectivity index (χ3v) is 3.19. The fourth-order valence-electron chi connectivity index (χ4n) is 2.01. The lowest BCUT2D eigenvalue weighted by atomic mass is 9.95. The highest BCUT2D eigenvalue weighted by atomic mass is 35.5. The third-order valence-electron chi connectivity index (χ3n) is 2.83. The second kappa shape index (κ2) is 6.12. The number of hydrogen-bond acceptors (Lipinski definition) is 3. The van der Waals surface area contributed by atoms with E-state index in [0.717, 1.165) is 5.56 Å². The van der Waals surface area contributed by atoms with Gasteiger partial charge >= 0.3 is 0 Å². The van der Waals surface area contributed by atoms with E-state index in [4.69, 9.17) is 21.1 Å². The van der Waals surface area contributed by atoms with Crippen LogP contribution in [-0.2, 0) is 0 Å². The summed E-state index contributed by atoms with van der Waals surface area (Å²) in [5.41, 5.74) is 1.05. The Bertz CT molecular complexity index is 380. The van der Waals surface area contributed by atoms with E-state index in [2.05, 4.69) is 19.2 Å². The molecule has 96 valence electrons. The zero-order chi connectivity index (χ0) is 13.0. The Kier molecular flexibility index (Phi) is 5.09. The van der Waals surface area contributed by atoms with Gasteiger partial charge in [-0.25, -0.2) is 0 Å². The number of nitrogens with one attached hydrogen (secondary N) is 1. The number of benzene rings is 1. The molecule has 1 rings (SSSR count). The molecular weight excluding hydrogens is 238 g/mol. The molecular formula is C13H20ClNO2. The average molecular weight is 258 g/mol. The van der Waals surface area contributed by atoms with E-state index in [0.29, 0.717) is 22.4 Å². The van der Waals surface area contributed by atoms with Crippen molar-refractivity contribution in [3.63, 3.8) is 0 Å². The van der Waals surface area contributed by atoms with E-state index in [1.807, 2.05) is 19.2 Å². The number of halogens is 1. The Hall–Kier alpha value is -0.930. The summed E-state index contributed by atoms with van der Waals surface area (Å²) >= 11 is 6.24. The number of ether oxygens (including phenoxy) is 2. The fraction of sp³-hybridized carbons (Fsp3) is 0.538. The van der Waals surface area contributed by atoms with Crippen LogP contribution in [0.3, 0.4) is 0 Å². The summed E-state index contributed by atoms with van der Waals surface area (Å²) in [5, 5.41) is 3.80. The summed E-state index contributed by atoms with van der Waals surface area (Å²) in [5.74, 6) is 1.75. The smallest absolute Gasteiger partial charge is 0.146 e. The second-order valence-corrected chi connectivity index (χ2v) is 4.59. The van der Waals surface area contributed by atoms with E-state index < -0.39 is 0 Å². The molecule has 0 fully saturated rings. The molecule has 17 heavy (non-hydrogen) atoms. The molecule has 1 N–H and O–H groups in total. The molecule has 1 unspecified atom stereocenters. The Morgan fingerprint density at radius 2 is 1.82 bits per heavy atom. The highest BCUT2D eigenvalue weighted by molar-refractivity contribution is 6.33. The van der Waals surface area contributed by atoms with Crippen LogP contribution in [0.4, 0.5) is 0 Å². The molecule has 0 amide bonds. The van der Waals surface area contributed by atoms with Crippen LogP contribution >= 0.6 is 11.6 Å². The topological polar surface area (TPSA) is 30.5 Å². The predicted molar refractivity (Wildman–Crippen MR) is 71.2 cm³/mol. The van der Waals surface area contributed by atoms with Crippen molar-refractivity contribution in [3.8, 4) is 11.5 Å². The van der Waals surface area contributed by atoms with E-state index in [-0.39, 0.29) is 6.04 Å². The molecule has 0 saturated heterocycles. The molecule has 3 nitrogen and oxygen atoms in total. The van der Waals surface area contributed by atoms with Gasteiger partial charge in [-0.3, -0.25) is 0 Å². The van der Waals surface area contributed by atoms with Crippen LogP contribution in [0.2, 0.25) is 5.02 Å². The number of methoxy groups -OCH3 is 2. The van der Waals surface area contributed by atoms with Gasteiger partial charge < -0.3 is 14.8 Å². The molecule has 1 aromatic rings. The maximum absolute atomic E-state index is 6.24. The van der Waals surface area contributed by atoms with Crippen molar-refractivity contribution in [3.05, 3.63) is 22.7 Å². The molecule has 1 atom stereocenters. The van der Waals surface area contributed by atoms with Gasteiger partial charge in [-0.1, -0.05) is 25.4 Å². The molecule has 0 heterocycles. The minimum absolute atomic E-state index is 0.202. The van der Waals surface area contributed by atoms with Crippen molar-refractivity contribution in [2.24, 2.45) is 5.92 Å². The molecule has 0 aromatic heterocycles. The maximum atomic E-state index is 6.24. The van der Waals surface area contributed by atoms with Crippen LogP contribution < -0.4 is 14.8 Å². The minimum atomic E-state index is 0.202. The van der Waals surface area contributed by atoms with Gasteiger partial charge in [0.25, 0.3) is 0 Å². The van der Waals surface area contributed by atoms with Gasteiger partial charge in [-0.05, 0) is 25.1 Å². The predicted octanol–water partition coefficient (Wildman–Crippen LogP) is 3.27. The quantitative estimate of drug-likeness (QED) is 0.878. The molecule has 0 aliphatic heterocycles. The average Bonchev–Trinajstić information content (AvgIpc) is 2.30. The van der Waals surface area contributed by atoms with Crippen molar-refractivity contribution in [1.82, 2.24) is 5.32 Å². The first-order valence-corrected chi connectivity index (χ1v) is 6.02. The highest BCUT2D eigenvalue weighted by Crippen LogP contribution is 2.40. The monoisotopic (exact) mass is 257 g/mol. The summed E-state index contributed by atoms with van der Waals surface area (Å²) in [6, 6.07) is 4.06. The normalized spacial score (nSPS) is 12.6. The molecule has 0 aliphatic rings. The van der Waals surface area contributed by atoms with Gasteiger partial charge in [0.1, 0.15) is 16.5 Å². The highest BCUT2D eigenvalue weighted by Gasteiger charge is 2.21. The molecule has 0 aliphatic carbocycles. The van der Waals surface area contributed by atoms with Crippen LogP contribution in [0.15, 0.2) is 12.1 Å². The maximum Gasteiger partial charge on any atom is 0.146 e. The SMILES string of the molecule is CNC(c1ccc(OC)c(Cl)c1OC)C(C)C. The lowest BCUT2D eigenvalue weighted by molar-refractivity contribution is 0.372. The summed E-state index contributed by atoms with van der Waals surface area (Å²) in [4.78, 5) is 0. The zero-order valence-corrected chi connectivity index (χ0v) is 11.8. The summed E-state index contributed by atoms with van der Waals surface area (Å²) in [6.45, 7) is 4.30. The van der Waals surface area contributed by atoms with E-state index in [9.17, 15) is 0 Å². The van der Waals surface area contributed by atoms with Crippen LogP contribution in [0.1, 0.15) is 25.5 Å². The number of rotatable bonds is 5. The molecule has 0 saturated carbocycles. The van der Waals surface area contributed by atoms with Crippen LogP contribution in [0, 0.1) is 5.92 Å². The molecule has 0 spiro atoms. The summed E-state index contributed by atoms with van der Waals surface area (Å²) in [7, 11) is 5.15. The molecule has 0 bridgehead atoms. The molecule has 4 heteroatoms. The van der Waals surface area contributed by atoms with E-state index in [1.54, 1.807) is 14.2 Å². The van der Waals surface area contributed by atoms with Gasteiger partial charge in [-0.15, -0.1) is 0 Å². The number of hydrogen-bond donors (Lipinski definition) is 1. The van der Waals surface area contributed by atoms with E-state index >= 15 is 0 Å². The van der Waals surface area contributed by atoms with Crippen LogP contribution in [0.5, 0.6) is 11.5 Å². The summed E-state index contributed by atoms with van der Waals surface area (Å²) < 4.78 is 10.6. The first kappa shape index (κ1) is 14.1. The van der Waals surface area contributed by atoms with Crippen molar-refractivity contribution in [2.45, 2.75) is 19.9 Å². The van der Waals surface area contributed by atoms with Crippen LogP contribution in [-0.4, -0.2) is 21.3 Å². The largest absolute Gasteiger partial charge is 0.495 e. The lowest BCUT2D eigenvalue weighted by Gasteiger charge is -2.24. The van der Waals surface area contributed by atoms with Crippen molar-refractivity contribution >= 4 is 11.6 Å². The zero-order valence-electron chi connectivity index (χ0n) is 11.0. The first-order chi connectivity index (χ1) is 8.06. The third kappa shape index (κ3) is 2.85. The van der Waals surface area contributed by atoms with Gasteiger partial charge in [0.05, 0.1) is 14.2 Å². The van der Waals surface area contributed by atoms with Gasteiger partial charge in [0, 0.05) is 11.6 Å². The van der Waals surface area contributed by atoms with E-state index in [1.165, 1.54) is 0 Å². The van der Waals surface area contributed by atoms with Gasteiger partial charge in [0.2, 0.25) is 0 Å². The first-order valence-electron chi connectivity index (χ1n) is 5.64. The Labute approximate surface area is 108 Å². The standard InChI is InChI=1S/C13H20ClNO2/c1-8(2)12(15-3)9-6-7-10(16-4)11(14)13(9)17-5/h6-8,12,15H,1-5H3. The minimum Gasteiger partial charge on any atom is -0.495 e. The van der Waals surface area contributed by atoms with Crippen molar-refractivity contribution in [1.29, 1.82) is 0 Å². The summed E-state index contributed by atoms with van der Waals surface area (Å²) in [6.07, 6.45) is 0. The Balaban J connectivity index is 3.29. The van der Waals surface area contributed by atoms with Gasteiger partial charge in [-0.2, -0.15) is 0 Å². The molecule has 1 aromatic carbocycles. The fourth-order valence-corrected chi connectivity index (χ4v) is 2.34. The van der Waals surface area contributed by atoms with Gasteiger partial charge in [0.15, 0.2) is 0 Å².